The van der Waals surface area contributed by atoms with Crippen LogP contribution in [0.1, 0.15) is 25.3 Å². The maximum atomic E-state index is 5.05. The van der Waals surface area contributed by atoms with E-state index >= 15 is 0 Å². The van der Waals surface area contributed by atoms with Crippen LogP contribution in [0.25, 0.3) is 0 Å². The van der Waals surface area contributed by atoms with Crippen molar-refractivity contribution in [1.82, 2.24) is 10.3 Å². The van der Waals surface area contributed by atoms with E-state index in [1.54, 1.807) is 7.11 Å². The van der Waals surface area contributed by atoms with E-state index in [0.29, 0.717) is 0 Å². The first-order valence-corrected chi connectivity index (χ1v) is 7.23. The number of nitrogens with one attached hydrogen (secondary N) is 1. The molecule has 4 nitrogen and oxygen atoms in total. The topological polar surface area (TPSA) is 37.4 Å². The van der Waals surface area contributed by atoms with Crippen LogP contribution in [0, 0.1) is 5.92 Å². The van der Waals surface area contributed by atoms with E-state index in [-0.39, 0.29) is 0 Å². The van der Waals surface area contributed by atoms with Gasteiger partial charge in [0.2, 0.25) is 0 Å². The zero-order valence-corrected chi connectivity index (χ0v) is 12.1. The zero-order chi connectivity index (χ0) is 13.5. The van der Waals surface area contributed by atoms with E-state index in [4.69, 9.17) is 4.74 Å². The van der Waals surface area contributed by atoms with Gasteiger partial charge in [-0.05, 0) is 31.7 Å². The molecule has 0 bridgehead atoms. The number of pyridine rings is 1. The molecule has 1 heterocycles. The molecule has 0 saturated heterocycles. The molecule has 1 aromatic heterocycles. The highest BCUT2D eigenvalue weighted by Crippen LogP contribution is 2.31. The molecule has 1 saturated carbocycles. The molecule has 106 valence electrons. The Hall–Kier alpha value is -1.13. The standard InChI is InChI=1S/C15H25N3O/c1-3-18(12-13-6-7-13)15-14(5-4-8-17-15)11-16-9-10-19-2/h4-5,8,13,16H,3,6-7,9-12H2,1-2H3. The third kappa shape index (κ3) is 4.48. The van der Waals surface area contributed by atoms with Crippen molar-refractivity contribution in [2.24, 2.45) is 5.92 Å². The highest BCUT2D eigenvalue weighted by atomic mass is 16.5. The summed E-state index contributed by atoms with van der Waals surface area (Å²) in [7, 11) is 1.73. The van der Waals surface area contributed by atoms with Crippen LogP contribution < -0.4 is 10.2 Å². The number of methoxy groups -OCH3 is 1. The van der Waals surface area contributed by atoms with Gasteiger partial charge in [0.05, 0.1) is 6.61 Å². The van der Waals surface area contributed by atoms with Gasteiger partial charge in [0, 0.05) is 45.0 Å². The molecular weight excluding hydrogens is 238 g/mol. The molecule has 1 fully saturated rings. The molecule has 1 aliphatic rings. The van der Waals surface area contributed by atoms with Gasteiger partial charge in [0.1, 0.15) is 5.82 Å². The van der Waals surface area contributed by atoms with Crippen LogP contribution in [0.3, 0.4) is 0 Å². The van der Waals surface area contributed by atoms with E-state index in [9.17, 15) is 0 Å². The second-order valence-corrected chi connectivity index (χ2v) is 5.14. The lowest BCUT2D eigenvalue weighted by molar-refractivity contribution is 0.199. The van der Waals surface area contributed by atoms with Crippen molar-refractivity contribution >= 4 is 5.82 Å². The molecule has 1 aromatic rings. The van der Waals surface area contributed by atoms with Crippen molar-refractivity contribution in [3.63, 3.8) is 0 Å². The zero-order valence-electron chi connectivity index (χ0n) is 12.1. The number of ether oxygens (including phenoxy) is 1. The van der Waals surface area contributed by atoms with Crippen LogP contribution in [0.5, 0.6) is 0 Å². The summed E-state index contributed by atoms with van der Waals surface area (Å²) >= 11 is 0. The number of nitrogens with zero attached hydrogens (tertiary/aromatic N) is 2. The molecule has 19 heavy (non-hydrogen) atoms. The predicted octanol–water partition coefficient (Wildman–Crippen LogP) is 2.05. The quantitative estimate of drug-likeness (QED) is 0.692. The molecule has 2 rings (SSSR count). The van der Waals surface area contributed by atoms with E-state index in [1.807, 2.05) is 12.3 Å². The largest absolute Gasteiger partial charge is 0.383 e. The molecule has 0 amide bonds. The van der Waals surface area contributed by atoms with E-state index < -0.39 is 0 Å². The monoisotopic (exact) mass is 263 g/mol. The summed E-state index contributed by atoms with van der Waals surface area (Å²) in [5.74, 6) is 2.03. The van der Waals surface area contributed by atoms with Crippen molar-refractivity contribution < 1.29 is 4.74 Å². The first kappa shape index (κ1) is 14.3. The maximum absolute atomic E-state index is 5.05. The third-order valence-electron chi connectivity index (χ3n) is 3.52. The van der Waals surface area contributed by atoms with E-state index in [2.05, 4.69) is 28.2 Å². The fourth-order valence-corrected chi connectivity index (χ4v) is 2.23. The normalized spacial score (nSPS) is 14.6. The molecule has 4 heteroatoms. The Labute approximate surface area is 116 Å². The molecule has 1 N–H and O–H groups in total. The van der Waals surface area contributed by atoms with Crippen LogP contribution in [0.4, 0.5) is 5.82 Å². The second kappa shape index (κ2) is 7.46. The molecule has 0 aliphatic heterocycles. The van der Waals surface area contributed by atoms with Crippen LogP contribution >= 0.6 is 0 Å². The van der Waals surface area contributed by atoms with Crippen molar-refractivity contribution in [1.29, 1.82) is 0 Å². The Morgan fingerprint density at radius 1 is 1.47 bits per heavy atom. The smallest absolute Gasteiger partial charge is 0.133 e. The molecule has 0 spiro atoms. The summed E-state index contributed by atoms with van der Waals surface area (Å²) < 4.78 is 5.05. The molecule has 1 aliphatic carbocycles. The van der Waals surface area contributed by atoms with Gasteiger partial charge in [-0.2, -0.15) is 0 Å². The summed E-state index contributed by atoms with van der Waals surface area (Å²) in [6, 6.07) is 4.18. The minimum absolute atomic E-state index is 0.745. The fourth-order valence-electron chi connectivity index (χ4n) is 2.23. The Bertz CT molecular complexity index is 379. The molecule has 0 aromatic carbocycles. The SMILES string of the molecule is CCN(CC1CC1)c1ncccc1CNCCOC. The Morgan fingerprint density at radius 3 is 3.00 bits per heavy atom. The van der Waals surface area contributed by atoms with Crippen LogP contribution in [0.2, 0.25) is 0 Å². The lowest BCUT2D eigenvalue weighted by atomic mass is 10.2. The van der Waals surface area contributed by atoms with Gasteiger partial charge >= 0.3 is 0 Å². The van der Waals surface area contributed by atoms with E-state index in [0.717, 1.165) is 44.5 Å². The average Bonchev–Trinajstić information content (AvgIpc) is 3.26. The summed E-state index contributed by atoms with van der Waals surface area (Å²) in [6.07, 6.45) is 4.65. The fraction of sp³-hybridized carbons (Fsp3) is 0.667. The predicted molar refractivity (Wildman–Crippen MR) is 78.4 cm³/mol. The highest BCUT2D eigenvalue weighted by Gasteiger charge is 2.25. The first-order valence-electron chi connectivity index (χ1n) is 7.23. The number of hydrogen-bond donors (Lipinski definition) is 1. The van der Waals surface area contributed by atoms with Crippen molar-refractivity contribution in [2.45, 2.75) is 26.3 Å². The highest BCUT2D eigenvalue weighted by molar-refractivity contribution is 5.46. The van der Waals surface area contributed by atoms with Gasteiger partial charge in [-0.1, -0.05) is 6.07 Å². The molecular formula is C15H25N3O. The number of hydrogen-bond acceptors (Lipinski definition) is 4. The lowest BCUT2D eigenvalue weighted by Crippen LogP contribution is -2.28. The number of aromatic nitrogens is 1. The van der Waals surface area contributed by atoms with Crippen molar-refractivity contribution in [3.05, 3.63) is 23.9 Å². The third-order valence-corrected chi connectivity index (χ3v) is 3.52. The molecule has 0 radical (unpaired) electrons. The van der Waals surface area contributed by atoms with Gasteiger partial charge in [-0.15, -0.1) is 0 Å². The summed E-state index contributed by atoms with van der Waals surface area (Å²) in [4.78, 5) is 6.99. The minimum Gasteiger partial charge on any atom is -0.383 e. The molecule has 0 unspecified atom stereocenters. The number of rotatable bonds is 9. The molecule has 0 atom stereocenters. The van der Waals surface area contributed by atoms with Crippen LogP contribution in [-0.4, -0.2) is 38.3 Å². The van der Waals surface area contributed by atoms with Crippen molar-refractivity contribution in [2.75, 3.05) is 38.3 Å². The van der Waals surface area contributed by atoms with Gasteiger partial charge < -0.3 is 15.0 Å². The Balaban J connectivity index is 1.96. The minimum atomic E-state index is 0.745. The summed E-state index contributed by atoms with van der Waals surface area (Å²) in [6.45, 7) is 6.86. The van der Waals surface area contributed by atoms with Gasteiger partial charge in [0.15, 0.2) is 0 Å². The van der Waals surface area contributed by atoms with Gasteiger partial charge in [0.25, 0.3) is 0 Å². The summed E-state index contributed by atoms with van der Waals surface area (Å²) in [5, 5.41) is 3.40. The first-order chi connectivity index (χ1) is 9.35. The van der Waals surface area contributed by atoms with E-state index in [1.165, 1.54) is 18.4 Å². The Kier molecular flexibility index (Phi) is 5.61. The van der Waals surface area contributed by atoms with Crippen LogP contribution in [0.15, 0.2) is 18.3 Å². The van der Waals surface area contributed by atoms with Gasteiger partial charge in [-0.3, -0.25) is 0 Å². The van der Waals surface area contributed by atoms with Crippen LogP contribution in [-0.2, 0) is 11.3 Å². The van der Waals surface area contributed by atoms with Gasteiger partial charge in [-0.25, -0.2) is 4.98 Å². The maximum Gasteiger partial charge on any atom is 0.133 e. The number of anilines is 1. The average molecular weight is 263 g/mol. The summed E-state index contributed by atoms with van der Waals surface area (Å²) in [5.41, 5.74) is 1.28. The lowest BCUT2D eigenvalue weighted by Gasteiger charge is -2.24. The van der Waals surface area contributed by atoms with Crippen molar-refractivity contribution in [3.8, 4) is 0 Å². The Morgan fingerprint density at radius 2 is 2.32 bits per heavy atom. The second-order valence-electron chi connectivity index (χ2n) is 5.14.